The summed E-state index contributed by atoms with van der Waals surface area (Å²) in [4.78, 5) is 22.9. The van der Waals surface area contributed by atoms with Crippen molar-refractivity contribution in [1.82, 2.24) is 29.6 Å². The monoisotopic (exact) mass is 482 g/mol. The first-order valence-electron chi connectivity index (χ1n) is 11.1. The lowest BCUT2D eigenvalue weighted by molar-refractivity contribution is 0.0937. The van der Waals surface area contributed by atoms with Gasteiger partial charge in [-0.25, -0.2) is 4.98 Å². The van der Waals surface area contributed by atoms with Crippen LogP contribution in [-0.2, 0) is 22.9 Å². The van der Waals surface area contributed by atoms with Gasteiger partial charge in [0, 0.05) is 56.2 Å². The zero-order valence-corrected chi connectivity index (χ0v) is 19.9. The summed E-state index contributed by atoms with van der Waals surface area (Å²) in [6.45, 7) is 2.17. The van der Waals surface area contributed by atoms with Gasteiger partial charge in [0.25, 0.3) is 5.91 Å². The van der Waals surface area contributed by atoms with Crippen LogP contribution >= 0.6 is 11.3 Å². The molecule has 1 aliphatic heterocycles. The average Bonchev–Trinajstić information content (AvgIpc) is 3.61. The molecule has 1 atom stereocenters. The Labute approximate surface area is 200 Å². The van der Waals surface area contributed by atoms with Crippen molar-refractivity contribution < 1.29 is 19.0 Å². The number of methoxy groups -OCH3 is 1. The van der Waals surface area contributed by atoms with Gasteiger partial charge >= 0.3 is 0 Å². The minimum Gasteiger partial charge on any atom is -0.470 e. The molecule has 0 spiro atoms. The largest absolute Gasteiger partial charge is 0.470 e. The Morgan fingerprint density at radius 2 is 2.29 bits per heavy atom. The van der Waals surface area contributed by atoms with Gasteiger partial charge in [-0.2, -0.15) is 10.1 Å². The highest BCUT2D eigenvalue weighted by Gasteiger charge is 2.22. The molecule has 4 aromatic heterocycles. The van der Waals surface area contributed by atoms with Crippen LogP contribution in [0, 0.1) is 0 Å². The quantitative estimate of drug-likeness (QED) is 0.365. The second kappa shape index (κ2) is 9.92. The number of nitrogens with zero attached hydrogens (tertiary/aromatic N) is 5. The Kier molecular flexibility index (Phi) is 6.57. The van der Waals surface area contributed by atoms with Gasteiger partial charge in [0.05, 0.1) is 42.8 Å². The molecule has 0 aliphatic carbocycles. The topological polar surface area (TPSA) is 105 Å². The van der Waals surface area contributed by atoms with E-state index in [2.05, 4.69) is 10.4 Å². The van der Waals surface area contributed by atoms with Crippen LogP contribution in [0.25, 0.3) is 16.7 Å². The third kappa shape index (κ3) is 4.81. The van der Waals surface area contributed by atoms with Gasteiger partial charge in [-0.15, -0.1) is 11.3 Å². The molecule has 5 rings (SSSR count). The summed E-state index contributed by atoms with van der Waals surface area (Å²) in [5.41, 5.74) is 3.12. The number of hydrogen-bond donors (Lipinski definition) is 1. The molecule has 0 unspecified atom stereocenters. The number of carbonyl (C=O) groups excluding carboxylic acids is 1. The average molecular weight is 483 g/mol. The molecule has 10 nitrogen and oxygen atoms in total. The lowest BCUT2D eigenvalue weighted by Gasteiger charge is -2.14. The van der Waals surface area contributed by atoms with E-state index in [1.54, 1.807) is 18.0 Å². The third-order valence-electron chi connectivity index (χ3n) is 5.52. The number of hydrogen-bond acceptors (Lipinski definition) is 8. The molecule has 1 amide bonds. The number of aryl methyl sites for hydroxylation is 1. The first-order chi connectivity index (χ1) is 16.6. The smallest absolute Gasteiger partial charge is 0.252 e. The van der Waals surface area contributed by atoms with Gasteiger partial charge in [0.2, 0.25) is 5.88 Å². The molecule has 5 heterocycles. The van der Waals surface area contributed by atoms with Gasteiger partial charge in [0.15, 0.2) is 0 Å². The summed E-state index contributed by atoms with van der Waals surface area (Å²) >= 11 is 1.51. The van der Waals surface area contributed by atoms with Crippen LogP contribution in [0.3, 0.4) is 0 Å². The van der Waals surface area contributed by atoms with Crippen LogP contribution in [0.4, 0.5) is 0 Å². The number of thiophene rings is 1. The molecule has 0 saturated carbocycles. The van der Waals surface area contributed by atoms with E-state index >= 15 is 0 Å². The lowest BCUT2D eigenvalue weighted by Crippen LogP contribution is -2.26. The normalized spacial score (nSPS) is 15.8. The molecular weight excluding hydrogens is 456 g/mol. The van der Waals surface area contributed by atoms with Crippen molar-refractivity contribution >= 4 is 28.3 Å². The first kappa shape index (κ1) is 22.5. The molecule has 1 N–H and O–H groups in total. The molecule has 11 heteroatoms. The van der Waals surface area contributed by atoms with Crippen LogP contribution in [0.2, 0.25) is 0 Å². The van der Waals surface area contributed by atoms with Crippen molar-refractivity contribution in [3.8, 4) is 11.6 Å². The number of carbonyl (C=O) groups is 1. The SMILES string of the molecule is COCCNC(=O)c1csc(Cc2nc(O[C@H]3CCOC3)c3c(ccn3-c3cnn(C)c3)n2)c1. The van der Waals surface area contributed by atoms with E-state index in [0.29, 0.717) is 50.1 Å². The fraction of sp³-hybridized carbons (Fsp3) is 0.391. The number of rotatable bonds is 9. The number of aromatic nitrogens is 5. The Bertz CT molecular complexity index is 1290. The van der Waals surface area contributed by atoms with Crippen LogP contribution in [0.15, 0.2) is 36.1 Å². The highest BCUT2D eigenvalue weighted by Crippen LogP contribution is 2.29. The van der Waals surface area contributed by atoms with Gasteiger partial charge in [0.1, 0.15) is 17.4 Å². The molecule has 1 fully saturated rings. The predicted octanol–water partition coefficient (Wildman–Crippen LogP) is 2.35. The standard InChI is InChI=1S/C23H26N6O4S/c1-28-12-16(11-25-28)29-6-3-19-21(29)23(33-17-4-7-32-13-17)27-20(26-19)10-18-9-15(14-34-18)22(30)24-5-8-31-2/h3,6,9,11-12,14,17H,4-5,7-8,10,13H2,1-2H3,(H,24,30)/t17-/m0/s1. The molecule has 0 aromatic carbocycles. The zero-order chi connectivity index (χ0) is 23.5. The van der Waals surface area contributed by atoms with E-state index in [0.717, 1.165) is 28.0 Å². The fourth-order valence-corrected chi connectivity index (χ4v) is 4.71. The highest BCUT2D eigenvalue weighted by atomic mass is 32.1. The van der Waals surface area contributed by atoms with Gasteiger partial charge in [-0.1, -0.05) is 0 Å². The summed E-state index contributed by atoms with van der Waals surface area (Å²) in [5.74, 6) is 1.05. The van der Waals surface area contributed by atoms with Crippen LogP contribution in [-0.4, -0.2) is 69.8 Å². The van der Waals surface area contributed by atoms with Gasteiger partial charge < -0.3 is 24.1 Å². The van der Waals surface area contributed by atoms with Crippen molar-refractivity contribution in [2.24, 2.45) is 7.05 Å². The molecule has 1 saturated heterocycles. The fourth-order valence-electron chi connectivity index (χ4n) is 3.85. The first-order valence-corrected chi connectivity index (χ1v) is 11.9. The van der Waals surface area contributed by atoms with E-state index < -0.39 is 0 Å². The Morgan fingerprint density at radius 3 is 3.06 bits per heavy atom. The van der Waals surface area contributed by atoms with E-state index in [-0.39, 0.29) is 12.0 Å². The maximum Gasteiger partial charge on any atom is 0.252 e. The minimum atomic E-state index is -0.116. The summed E-state index contributed by atoms with van der Waals surface area (Å²) in [6, 6.07) is 3.83. The van der Waals surface area contributed by atoms with Gasteiger partial charge in [-0.05, 0) is 12.1 Å². The Hall–Kier alpha value is -3.28. The van der Waals surface area contributed by atoms with Crippen LogP contribution < -0.4 is 10.1 Å². The van der Waals surface area contributed by atoms with Gasteiger partial charge in [-0.3, -0.25) is 9.48 Å². The molecular formula is C23H26N6O4S. The third-order valence-corrected chi connectivity index (χ3v) is 6.46. The molecule has 0 bridgehead atoms. The number of nitrogens with one attached hydrogen (secondary N) is 1. The summed E-state index contributed by atoms with van der Waals surface area (Å²) in [7, 11) is 3.48. The minimum absolute atomic E-state index is 0.0488. The summed E-state index contributed by atoms with van der Waals surface area (Å²) < 4.78 is 20.5. The lowest BCUT2D eigenvalue weighted by atomic mass is 10.2. The van der Waals surface area contributed by atoms with Crippen molar-refractivity contribution in [2.75, 3.05) is 33.5 Å². The second-order valence-electron chi connectivity index (χ2n) is 8.07. The number of fused-ring (bicyclic) bond motifs is 1. The summed E-state index contributed by atoms with van der Waals surface area (Å²) in [6.07, 6.45) is 6.95. The van der Waals surface area contributed by atoms with E-state index in [4.69, 9.17) is 24.2 Å². The van der Waals surface area contributed by atoms with Crippen molar-refractivity contribution in [3.05, 3.63) is 52.4 Å². The van der Waals surface area contributed by atoms with Crippen molar-refractivity contribution in [1.29, 1.82) is 0 Å². The van der Waals surface area contributed by atoms with Crippen molar-refractivity contribution in [2.45, 2.75) is 18.9 Å². The maximum atomic E-state index is 12.3. The zero-order valence-electron chi connectivity index (χ0n) is 19.1. The van der Waals surface area contributed by atoms with E-state index in [9.17, 15) is 4.79 Å². The molecule has 4 aromatic rings. The predicted molar refractivity (Wildman–Crippen MR) is 127 cm³/mol. The Balaban J connectivity index is 1.43. The molecule has 0 radical (unpaired) electrons. The van der Waals surface area contributed by atoms with Crippen LogP contribution in [0.5, 0.6) is 5.88 Å². The van der Waals surface area contributed by atoms with Crippen molar-refractivity contribution in [3.63, 3.8) is 0 Å². The van der Waals surface area contributed by atoms with Crippen LogP contribution in [0.1, 0.15) is 27.5 Å². The maximum absolute atomic E-state index is 12.3. The highest BCUT2D eigenvalue weighted by molar-refractivity contribution is 7.10. The summed E-state index contributed by atoms with van der Waals surface area (Å²) in [5, 5.41) is 8.97. The molecule has 1 aliphatic rings. The number of ether oxygens (including phenoxy) is 3. The Morgan fingerprint density at radius 1 is 1.38 bits per heavy atom. The molecule has 34 heavy (non-hydrogen) atoms. The molecule has 178 valence electrons. The van der Waals surface area contributed by atoms with E-state index in [1.165, 1.54) is 11.3 Å². The number of amides is 1. The second-order valence-corrected chi connectivity index (χ2v) is 9.06. The van der Waals surface area contributed by atoms with E-state index in [1.807, 2.05) is 41.5 Å².